The topological polar surface area (TPSA) is 115 Å². The van der Waals surface area contributed by atoms with Gasteiger partial charge in [-0.05, 0) is 18.6 Å². The molecule has 1 aliphatic rings. The van der Waals surface area contributed by atoms with Gasteiger partial charge in [-0.2, -0.15) is 4.98 Å². The quantitative estimate of drug-likeness (QED) is 0.494. The SMILES string of the molecule is CCc1c(Nc2cnc3ccccc3c2)nc(N2CCOCC2)nc1-c1cnc(N)nc1. The number of hydrogen-bond donors (Lipinski definition) is 2. The normalized spacial score (nSPS) is 14.0. The number of aromatic nitrogens is 5. The molecule has 0 saturated carbocycles. The molecule has 1 fully saturated rings. The Labute approximate surface area is 185 Å². The van der Waals surface area contributed by atoms with Gasteiger partial charge in [-0.25, -0.2) is 15.0 Å². The lowest BCUT2D eigenvalue weighted by Crippen LogP contribution is -2.37. The first-order valence-electron chi connectivity index (χ1n) is 10.6. The van der Waals surface area contributed by atoms with Crippen LogP contribution >= 0.6 is 0 Å². The third-order valence-corrected chi connectivity index (χ3v) is 5.44. The van der Waals surface area contributed by atoms with Gasteiger partial charge in [-0.1, -0.05) is 25.1 Å². The van der Waals surface area contributed by atoms with E-state index in [0.717, 1.165) is 58.7 Å². The largest absolute Gasteiger partial charge is 0.378 e. The molecule has 0 unspecified atom stereocenters. The fourth-order valence-electron chi connectivity index (χ4n) is 3.79. The van der Waals surface area contributed by atoms with Crippen LogP contribution in [-0.4, -0.2) is 51.2 Å². The number of nitrogen functional groups attached to an aromatic ring is 1. The van der Waals surface area contributed by atoms with Crippen LogP contribution in [0, 0.1) is 0 Å². The number of benzene rings is 1. The summed E-state index contributed by atoms with van der Waals surface area (Å²) < 4.78 is 5.51. The van der Waals surface area contributed by atoms with E-state index < -0.39 is 0 Å². The lowest BCUT2D eigenvalue weighted by atomic mass is 10.1. The van der Waals surface area contributed by atoms with Gasteiger partial charge >= 0.3 is 0 Å². The fraction of sp³-hybridized carbons (Fsp3) is 0.261. The van der Waals surface area contributed by atoms with E-state index >= 15 is 0 Å². The summed E-state index contributed by atoms with van der Waals surface area (Å²) >= 11 is 0. The molecule has 4 heterocycles. The maximum atomic E-state index is 5.70. The summed E-state index contributed by atoms with van der Waals surface area (Å²) in [5, 5.41) is 4.54. The van der Waals surface area contributed by atoms with Gasteiger partial charge in [0.1, 0.15) is 5.82 Å². The summed E-state index contributed by atoms with van der Waals surface area (Å²) in [4.78, 5) is 24.8. The van der Waals surface area contributed by atoms with Gasteiger partial charge in [-0.15, -0.1) is 0 Å². The Morgan fingerprint density at radius 2 is 1.81 bits per heavy atom. The molecule has 5 rings (SSSR count). The van der Waals surface area contributed by atoms with Crippen molar-refractivity contribution in [1.82, 2.24) is 24.9 Å². The molecule has 3 N–H and O–H groups in total. The van der Waals surface area contributed by atoms with Gasteiger partial charge in [0.15, 0.2) is 0 Å². The molecule has 1 aliphatic heterocycles. The van der Waals surface area contributed by atoms with E-state index in [0.29, 0.717) is 19.2 Å². The number of fused-ring (bicyclic) bond motifs is 1. The van der Waals surface area contributed by atoms with E-state index in [1.807, 2.05) is 30.5 Å². The molecule has 4 aromatic rings. The third-order valence-electron chi connectivity index (χ3n) is 5.44. The number of pyridine rings is 1. The maximum absolute atomic E-state index is 5.70. The first kappa shape index (κ1) is 20.1. The van der Waals surface area contributed by atoms with Crippen LogP contribution in [0.1, 0.15) is 12.5 Å². The van der Waals surface area contributed by atoms with Crippen molar-refractivity contribution in [3.05, 3.63) is 54.5 Å². The molecule has 0 bridgehead atoms. The molecule has 9 nitrogen and oxygen atoms in total. The summed E-state index contributed by atoms with van der Waals surface area (Å²) in [6, 6.07) is 10.1. The Bertz CT molecular complexity index is 1240. The first-order chi connectivity index (χ1) is 15.7. The Kier molecular flexibility index (Phi) is 5.47. The van der Waals surface area contributed by atoms with Gasteiger partial charge in [0.05, 0.1) is 36.3 Å². The van der Waals surface area contributed by atoms with E-state index in [-0.39, 0.29) is 5.95 Å². The Balaban J connectivity index is 1.61. The molecule has 162 valence electrons. The van der Waals surface area contributed by atoms with Crippen LogP contribution in [0.5, 0.6) is 0 Å². The lowest BCUT2D eigenvalue weighted by Gasteiger charge is -2.28. The number of nitrogens with two attached hydrogens (primary N) is 1. The standard InChI is InChI=1S/C23H24N8O/c1-2-18-20(16-12-26-22(24)27-13-16)29-23(31-7-9-32-10-8-31)30-21(18)28-17-11-15-5-3-4-6-19(15)25-14-17/h3-6,11-14H,2,7-10H2,1H3,(H2,24,26,27)(H,28,29,30). The number of hydrogen-bond acceptors (Lipinski definition) is 9. The molecule has 0 aliphatic carbocycles. The summed E-state index contributed by atoms with van der Waals surface area (Å²) in [7, 11) is 0. The van der Waals surface area contributed by atoms with Crippen LogP contribution in [0.15, 0.2) is 48.9 Å². The maximum Gasteiger partial charge on any atom is 0.228 e. The second kappa shape index (κ2) is 8.72. The van der Waals surface area contributed by atoms with Crippen molar-refractivity contribution in [2.24, 2.45) is 0 Å². The van der Waals surface area contributed by atoms with Crippen LogP contribution in [0.25, 0.3) is 22.2 Å². The number of rotatable bonds is 5. The summed E-state index contributed by atoms with van der Waals surface area (Å²) in [5.74, 6) is 1.62. The van der Waals surface area contributed by atoms with Crippen molar-refractivity contribution >= 4 is 34.3 Å². The number of nitrogens with one attached hydrogen (secondary N) is 1. The minimum absolute atomic E-state index is 0.231. The third kappa shape index (κ3) is 4.02. The van der Waals surface area contributed by atoms with Crippen molar-refractivity contribution in [3.63, 3.8) is 0 Å². The molecule has 32 heavy (non-hydrogen) atoms. The van der Waals surface area contributed by atoms with Crippen LogP contribution in [-0.2, 0) is 11.2 Å². The molecule has 9 heteroatoms. The van der Waals surface area contributed by atoms with Gasteiger partial charge in [-0.3, -0.25) is 4.98 Å². The van der Waals surface area contributed by atoms with Crippen molar-refractivity contribution in [1.29, 1.82) is 0 Å². The molecule has 1 aromatic carbocycles. The van der Waals surface area contributed by atoms with Crippen LogP contribution < -0.4 is 16.0 Å². The van der Waals surface area contributed by atoms with Gasteiger partial charge < -0.3 is 20.7 Å². The summed E-state index contributed by atoms with van der Waals surface area (Å²) in [5.41, 5.74) is 10.1. The first-order valence-corrected chi connectivity index (χ1v) is 10.6. The van der Waals surface area contributed by atoms with Gasteiger partial charge in [0, 0.05) is 42.0 Å². The van der Waals surface area contributed by atoms with Crippen molar-refractivity contribution < 1.29 is 4.74 Å². The zero-order chi connectivity index (χ0) is 21.9. The number of ether oxygens (including phenoxy) is 1. The van der Waals surface area contributed by atoms with E-state index in [1.54, 1.807) is 12.4 Å². The predicted octanol–water partition coefficient (Wildman–Crippen LogP) is 3.21. The number of nitrogens with zero attached hydrogens (tertiary/aromatic N) is 6. The number of anilines is 4. The van der Waals surface area contributed by atoms with Crippen LogP contribution in [0.3, 0.4) is 0 Å². The van der Waals surface area contributed by atoms with E-state index in [9.17, 15) is 0 Å². The molecule has 0 atom stereocenters. The van der Waals surface area contributed by atoms with Gasteiger partial charge in [0.2, 0.25) is 11.9 Å². The average molecular weight is 429 g/mol. The van der Waals surface area contributed by atoms with Crippen LogP contribution in [0.4, 0.5) is 23.4 Å². The highest BCUT2D eigenvalue weighted by molar-refractivity contribution is 5.83. The van der Waals surface area contributed by atoms with Crippen molar-refractivity contribution in [3.8, 4) is 11.3 Å². The summed E-state index contributed by atoms with van der Waals surface area (Å²) in [6.45, 7) is 4.85. The molecule has 0 radical (unpaired) electrons. The summed E-state index contributed by atoms with van der Waals surface area (Å²) in [6.07, 6.45) is 5.96. The second-order valence-electron chi connectivity index (χ2n) is 7.52. The fourth-order valence-corrected chi connectivity index (χ4v) is 3.79. The van der Waals surface area contributed by atoms with Crippen molar-refractivity contribution in [2.45, 2.75) is 13.3 Å². The highest BCUT2D eigenvalue weighted by atomic mass is 16.5. The molecule has 0 amide bonds. The zero-order valence-corrected chi connectivity index (χ0v) is 17.8. The predicted molar refractivity (Wildman–Crippen MR) is 125 cm³/mol. The van der Waals surface area contributed by atoms with Crippen LogP contribution in [0.2, 0.25) is 0 Å². The molecule has 0 spiro atoms. The average Bonchev–Trinajstić information content (AvgIpc) is 2.84. The number of para-hydroxylation sites is 1. The smallest absolute Gasteiger partial charge is 0.228 e. The van der Waals surface area contributed by atoms with E-state index in [4.69, 9.17) is 20.4 Å². The highest BCUT2D eigenvalue weighted by Crippen LogP contribution is 2.31. The van der Waals surface area contributed by atoms with E-state index in [2.05, 4.69) is 38.2 Å². The molecule has 1 saturated heterocycles. The monoisotopic (exact) mass is 428 g/mol. The molecular weight excluding hydrogens is 404 g/mol. The Morgan fingerprint density at radius 3 is 2.59 bits per heavy atom. The zero-order valence-electron chi connectivity index (χ0n) is 17.8. The minimum Gasteiger partial charge on any atom is -0.378 e. The second-order valence-corrected chi connectivity index (χ2v) is 7.52. The van der Waals surface area contributed by atoms with E-state index in [1.165, 1.54) is 0 Å². The highest BCUT2D eigenvalue weighted by Gasteiger charge is 2.21. The number of morpholine rings is 1. The van der Waals surface area contributed by atoms with Gasteiger partial charge in [0.25, 0.3) is 0 Å². The molecular formula is C23H24N8O. The minimum atomic E-state index is 0.231. The van der Waals surface area contributed by atoms with Crippen molar-refractivity contribution in [2.75, 3.05) is 42.3 Å². The Hall–Kier alpha value is -3.85. The lowest BCUT2D eigenvalue weighted by molar-refractivity contribution is 0.122. The Morgan fingerprint density at radius 1 is 1.03 bits per heavy atom. The molecule has 3 aromatic heterocycles.